The molecule has 86 valence electrons. The third kappa shape index (κ3) is 5.61. The average molecular weight is 200 g/mol. The van der Waals surface area contributed by atoms with Gasteiger partial charge in [0.2, 0.25) is 0 Å². The third-order valence-corrected chi connectivity index (χ3v) is 2.39. The van der Waals surface area contributed by atoms with Gasteiger partial charge in [0.05, 0.1) is 0 Å². The Hall–Kier alpha value is -0.0800. The zero-order valence-electron chi connectivity index (χ0n) is 11.0. The highest BCUT2D eigenvalue weighted by atomic mass is 15.2. The van der Waals surface area contributed by atoms with E-state index in [0.29, 0.717) is 12.1 Å². The molecule has 0 radical (unpaired) electrons. The van der Waals surface area contributed by atoms with Crippen LogP contribution in [-0.2, 0) is 0 Å². The fourth-order valence-electron chi connectivity index (χ4n) is 1.84. The Bertz CT molecular complexity index is 145. The summed E-state index contributed by atoms with van der Waals surface area (Å²) >= 11 is 0. The van der Waals surface area contributed by atoms with E-state index >= 15 is 0 Å². The Balaban J connectivity index is 4.00. The van der Waals surface area contributed by atoms with E-state index in [0.717, 1.165) is 13.1 Å². The van der Waals surface area contributed by atoms with Crippen LogP contribution in [0.2, 0.25) is 0 Å². The molecule has 0 spiro atoms. The molecule has 2 nitrogen and oxygen atoms in total. The van der Waals surface area contributed by atoms with Crippen LogP contribution in [0.4, 0.5) is 0 Å². The quantitative estimate of drug-likeness (QED) is 0.733. The maximum atomic E-state index is 3.46. The van der Waals surface area contributed by atoms with Crippen LogP contribution in [0.5, 0.6) is 0 Å². The molecule has 0 fully saturated rings. The van der Waals surface area contributed by atoms with Gasteiger partial charge in [-0.25, -0.2) is 0 Å². The van der Waals surface area contributed by atoms with Gasteiger partial charge in [-0.3, -0.25) is 4.90 Å². The van der Waals surface area contributed by atoms with Crippen molar-refractivity contribution in [3.8, 4) is 0 Å². The van der Waals surface area contributed by atoms with Crippen LogP contribution in [0.15, 0.2) is 0 Å². The Labute approximate surface area is 90.1 Å². The highest BCUT2D eigenvalue weighted by molar-refractivity contribution is 4.79. The van der Waals surface area contributed by atoms with Gasteiger partial charge in [-0.15, -0.1) is 0 Å². The molecular weight excluding hydrogens is 172 g/mol. The molecule has 0 aromatic heterocycles. The van der Waals surface area contributed by atoms with Crippen molar-refractivity contribution >= 4 is 0 Å². The zero-order valence-corrected chi connectivity index (χ0v) is 11.0. The van der Waals surface area contributed by atoms with E-state index in [9.17, 15) is 0 Å². The fraction of sp³-hybridized carbons (Fsp3) is 1.00. The lowest BCUT2D eigenvalue weighted by atomic mass is 10.0. The monoisotopic (exact) mass is 200 g/mol. The van der Waals surface area contributed by atoms with Gasteiger partial charge >= 0.3 is 0 Å². The molecule has 0 aromatic carbocycles. The van der Waals surface area contributed by atoms with Gasteiger partial charge in [0.15, 0.2) is 0 Å². The number of hydrogen-bond donors (Lipinski definition) is 1. The lowest BCUT2D eigenvalue weighted by Gasteiger charge is -2.39. The molecule has 0 saturated carbocycles. The van der Waals surface area contributed by atoms with Crippen LogP contribution < -0.4 is 5.32 Å². The topological polar surface area (TPSA) is 15.3 Å². The van der Waals surface area contributed by atoms with E-state index in [1.54, 1.807) is 0 Å². The van der Waals surface area contributed by atoms with Crippen molar-refractivity contribution in [3.05, 3.63) is 0 Å². The summed E-state index contributed by atoms with van der Waals surface area (Å²) in [5, 5.41) is 3.46. The molecule has 2 heteroatoms. The molecule has 0 bridgehead atoms. The third-order valence-electron chi connectivity index (χ3n) is 2.39. The first-order valence-corrected chi connectivity index (χ1v) is 5.75. The molecule has 0 rings (SSSR count). The maximum Gasteiger partial charge on any atom is 0.0128 e. The molecule has 14 heavy (non-hydrogen) atoms. The minimum absolute atomic E-state index is 0.271. The molecule has 1 N–H and O–H groups in total. The second-order valence-electron chi connectivity index (χ2n) is 5.57. The zero-order chi connectivity index (χ0) is 11.4. The van der Waals surface area contributed by atoms with Gasteiger partial charge in [0, 0.05) is 30.7 Å². The summed E-state index contributed by atoms with van der Waals surface area (Å²) in [6, 6.07) is 1.20. The van der Waals surface area contributed by atoms with Gasteiger partial charge in [-0.1, -0.05) is 13.8 Å². The van der Waals surface area contributed by atoms with Crippen molar-refractivity contribution in [1.29, 1.82) is 0 Å². The van der Waals surface area contributed by atoms with Crippen molar-refractivity contribution in [3.63, 3.8) is 0 Å². The smallest absolute Gasteiger partial charge is 0.0128 e. The molecule has 0 unspecified atom stereocenters. The number of hydrogen-bond acceptors (Lipinski definition) is 2. The summed E-state index contributed by atoms with van der Waals surface area (Å²) in [5.41, 5.74) is 0.271. The van der Waals surface area contributed by atoms with E-state index in [4.69, 9.17) is 0 Å². The van der Waals surface area contributed by atoms with E-state index in [-0.39, 0.29) is 5.54 Å². The lowest BCUT2D eigenvalue weighted by molar-refractivity contribution is 0.0994. The Morgan fingerprint density at radius 3 is 1.86 bits per heavy atom. The van der Waals surface area contributed by atoms with Gasteiger partial charge in [0.25, 0.3) is 0 Å². The average Bonchev–Trinajstić information content (AvgIpc) is 1.94. The Morgan fingerprint density at radius 2 is 1.57 bits per heavy atom. The molecule has 0 aliphatic carbocycles. The first-order chi connectivity index (χ1) is 6.25. The second-order valence-corrected chi connectivity index (χ2v) is 5.57. The fourth-order valence-corrected chi connectivity index (χ4v) is 1.84. The van der Waals surface area contributed by atoms with Crippen LogP contribution in [0.3, 0.4) is 0 Å². The van der Waals surface area contributed by atoms with Crippen LogP contribution in [0.1, 0.15) is 48.5 Å². The second kappa shape index (κ2) is 5.72. The summed E-state index contributed by atoms with van der Waals surface area (Å²) in [6.45, 7) is 18.0. The highest BCUT2D eigenvalue weighted by Crippen LogP contribution is 2.15. The van der Waals surface area contributed by atoms with Crippen molar-refractivity contribution in [2.75, 3.05) is 13.1 Å². The van der Waals surface area contributed by atoms with Crippen LogP contribution >= 0.6 is 0 Å². The van der Waals surface area contributed by atoms with E-state index in [1.807, 2.05) is 0 Å². The number of rotatable bonds is 5. The summed E-state index contributed by atoms with van der Waals surface area (Å²) in [6.07, 6.45) is 0. The minimum Gasteiger partial charge on any atom is -0.313 e. The maximum absolute atomic E-state index is 3.46. The molecule has 0 saturated heterocycles. The molecule has 0 atom stereocenters. The van der Waals surface area contributed by atoms with Gasteiger partial charge in [0.1, 0.15) is 0 Å². The van der Waals surface area contributed by atoms with E-state index < -0.39 is 0 Å². The lowest BCUT2D eigenvalue weighted by Crippen LogP contribution is -2.49. The first-order valence-electron chi connectivity index (χ1n) is 5.75. The van der Waals surface area contributed by atoms with Crippen LogP contribution in [-0.4, -0.2) is 35.6 Å². The van der Waals surface area contributed by atoms with Gasteiger partial charge in [-0.05, 0) is 34.6 Å². The number of nitrogens with zero attached hydrogens (tertiary/aromatic N) is 1. The van der Waals surface area contributed by atoms with E-state index in [1.165, 1.54) is 0 Å². The summed E-state index contributed by atoms with van der Waals surface area (Å²) in [4.78, 5) is 2.53. The standard InChI is InChI=1S/C12H28N2/c1-10(2)13-8-9-14(11(3)4)12(5,6)7/h10-11,13H,8-9H2,1-7H3. The van der Waals surface area contributed by atoms with Crippen molar-refractivity contribution in [1.82, 2.24) is 10.2 Å². The molecule has 0 amide bonds. The molecule has 0 aliphatic heterocycles. The van der Waals surface area contributed by atoms with Crippen molar-refractivity contribution in [2.24, 2.45) is 0 Å². The van der Waals surface area contributed by atoms with Gasteiger partial charge < -0.3 is 5.32 Å². The normalized spacial score (nSPS) is 13.3. The summed E-state index contributed by atoms with van der Waals surface area (Å²) < 4.78 is 0. The first kappa shape index (κ1) is 13.9. The van der Waals surface area contributed by atoms with Crippen LogP contribution in [0, 0.1) is 0 Å². The Kier molecular flexibility index (Phi) is 5.68. The molecular formula is C12H28N2. The highest BCUT2D eigenvalue weighted by Gasteiger charge is 2.22. The van der Waals surface area contributed by atoms with Crippen molar-refractivity contribution in [2.45, 2.75) is 66.1 Å². The summed E-state index contributed by atoms with van der Waals surface area (Å²) in [7, 11) is 0. The summed E-state index contributed by atoms with van der Waals surface area (Å²) in [5.74, 6) is 0. The predicted molar refractivity (Wildman–Crippen MR) is 64.7 cm³/mol. The number of nitrogens with one attached hydrogen (secondary N) is 1. The molecule has 0 aromatic rings. The van der Waals surface area contributed by atoms with Crippen LogP contribution in [0.25, 0.3) is 0 Å². The predicted octanol–water partition coefficient (Wildman–Crippen LogP) is 2.49. The Morgan fingerprint density at radius 1 is 1.07 bits per heavy atom. The molecule has 0 aliphatic rings. The largest absolute Gasteiger partial charge is 0.313 e. The SMILES string of the molecule is CC(C)NCCN(C(C)C)C(C)(C)C. The molecule has 0 heterocycles. The van der Waals surface area contributed by atoms with Crippen molar-refractivity contribution < 1.29 is 0 Å². The minimum atomic E-state index is 0.271. The van der Waals surface area contributed by atoms with E-state index in [2.05, 4.69) is 58.7 Å². The van der Waals surface area contributed by atoms with Gasteiger partial charge in [-0.2, -0.15) is 0 Å².